The average Bonchev–Trinajstić information content (AvgIpc) is 2.95. The summed E-state index contributed by atoms with van der Waals surface area (Å²) in [6, 6.07) is -0.0892. The van der Waals surface area contributed by atoms with Crippen molar-refractivity contribution >= 4 is 11.6 Å². The molecule has 1 atom stereocenters. The first-order chi connectivity index (χ1) is 8.27. The van der Waals surface area contributed by atoms with Gasteiger partial charge in [0, 0.05) is 6.54 Å². The van der Waals surface area contributed by atoms with Gasteiger partial charge in [-0.1, -0.05) is 18.5 Å². The van der Waals surface area contributed by atoms with E-state index in [1.54, 1.807) is 12.4 Å². The van der Waals surface area contributed by atoms with Gasteiger partial charge in [-0.15, -0.1) is 0 Å². The molecule has 0 aliphatic heterocycles. The summed E-state index contributed by atoms with van der Waals surface area (Å²) in [6.07, 6.45) is 3.35. The lowest BCUT2D eigenvalue weighted by atomic mass is 10.1. The van der Waals surface area contributed by atoms with E-state index in [0.29, 0.717) is 5.02 Å². The van der Waals surface area contributed by atoms with E-state index in [9.17, 15) is 0 Å². The molecule has 2 aromatic heterocycles. The monoisotopic (exact) mass is 254 g/mol. The minimum Gasteiger partial charge on any atom is -0.304 e. The van der Waals surface area contributed by atoms with Crippen molar-refractivity contribution in [2.75, 3.05) is 6.54 Å². The predicted octanol–water partition coefficient (Wildman–Crippen LogP) is 1.37. The van der Waals surface area contributed by atoms with E-state index in [1.165, 1.54) is 0 Å². The minimum absolute atomic E-state index is 0.0892. The van der Waals surface area contributed by atoms with Gasteiger partial charge in [-0.3, -0.25) is 4.68 Å². The molecule has 0 fully saturated rings. The standard InChI is InChI=1S/C10H15ClN6/c1-3-12-9(8-6-13-16-15-8)10-7(11)5-14-17(10)4-2/h5-6,9,12H,3-4H2,1-2H3,(H,13,15,16). The lowest BCUT2D eigenvalue weighted by molar-refractivity contribution is 0.534. The number of aryl methyl sites for hydroxylation is 1. The van der Waals surface area contributed by atoms with Gasteiger partial charge in [0.25, 0.3) is 0 Å². The largest absolute Gasteiger partial charge is 0.304 e. The summed E-state index contributed by atoms with van der Waals surface area (Å²) in [5.74, 6) is 0. The predicted molar refractivity (Wildman–Crippen MR) is 64.8 cm³/mol. The summed E-state index contributed by atoms with van der Waals surface area (Å²) >= 11 is 6.19. The van der Waals surface area contributed by atoms with Crippen molar-refractivity contribution in [3.8, 4) is 0 Å². The summed E-state index contributed by atoms with van der Waals surface area (Å²) in [4.78, 5) is 0. The van der Waals surface area contributed by atoms with Gasteiger partial charge in [0.15, 0.2) is 0 Å². The van der Waals surface area contributed by atoms with Crippen LogP contribution in [0, 0.1) is 0 Å². The van der Waals surface area contributed by atoms with Crippen molar-refractivity contribution in [3.63, 3.8) is 0 Å². The Balaban J connectivity index is 2.42. The van der Waals surface area contributed by atoms with Crippen LogP contribution in [0.2, 0.25) is 5.02 Å². The molecule has 0 amide bonds. The Bertz CT molecular complexity index is 463. The van der Waals surface area contributed by atoms with Gasteiger partial charge in [0.1, 0.15) is 5.69 Å². The van der Waals surface area contributed by atoms with Crippen molar-refractivity contribution in [1.29, 1.82) is 0 Å². The third-order valence-electron chi connectivity index (χ3n) is 2.54. The van der Waals surface area contributed by atoms with Crippen LogP contribution in [0.25, 0.3) is 0 Å². The normalized spacial score (nSPS) is 12.9. The van der Waals surface area contributed by atoms with Gasteiger partial charge in [-0.2, -0.15) is 20.5 Å². The molecule has 0 bridgehead atoms. The molecule has 7 heteroatoms. The van der Waals surface area contributed by atoms with Crippen LogP contribution in [-0.4, -0.2) is 31.7 Å². The van der Waals surface area contributed by atoms with Crippen LogP contribution >= 0.6 is 11.6 Å². The van der Waals surface area contributed by atoms with Crippen LogP contribution in [0.1, 0.15) is 31.3 Å². The Kier molecular flexibility index (Phi) is 3.75. The molecule has 2 rings (SSSR count). The highest BCUT2D eigenvalue weighted by atomic mass is 35.5. The molecule has 0 radical (unpaired) electrons. The molecule has 0 spiro atoms. The molecule has 0 aliphatic carbocycles. The molecule has 0 saturated heterocycles. The molecular formula is C10H15ClN6. The number of aromatic amines is 1. The maximum Gasteiger partial charge on any atom is 0.106 e. The summed E-state index contributed by atoms with van der Waals surface area (Å²) in [5, 5.41) is 18.8. The van der Waals surface area contributed by atoms with Crippen molar-refractivity contribution < 1.29 is 0 Å². The number of rotatable bonds is 5. The Labute approximate surface area is 104 Å². The summed E-state index contributed by atoms with van der Waals surface area (Å²) in [6.45, 7) is 5.64. The molecule has 2 aromatic rings. The first-order valence-electron chi connectivity index (χ1n) is 5.58. The highest BCUT2D eigenvalue weighted by Crippen LogP contribution is 2.26. The Morgan fingerprint density at radius 2 is 2.29 bits per heavy atom. The number of aromatic nitrogens is 5. The van der Waals surface area contributed by atoms with E-state index >= 15 is 0 Å². The molecule has 6 nitrogen and oxygen atoms in total. The Morgan fingerprint density at radius 1 is 1.47 bits per heavy atom. The smallest absolute Gasteiger partial charge is 0.106 e. The summed E-state index contributed by atoms with van der Waals surface area (Å²) in [5.41, 5.74) is 1.73. The number of nitrogens with zero attached hydrogens (tertiary/aromatic N) is 4. The Morgan fingerprint density at radius 3 is 2.88 bits per heavy atom. The molecule has 0 aliphatic rings. The van der Waals surface area contributed by atoms with Crippen molar-refractivity contribution in [1.82, 2.24) is 30.5 Å². The van der Waals surface area contributed by atoms with Crippen LogP contribution in [0.4, 0.5) is 0 Å². The number of nitrogens with one attached hydrogen (secondary N) is 2. The lowest BCUT2D eigenvalue weighted by Crippen LogP contribution is -2.25. The van der Waals surface area contributed by atoms with E-state index in [-0.39, 0.29) is 6.04 Å². The maximum absolute atomic E-state index is 6.19. The lowest BCUT2D eigenvalue weighted by Gasteiger charge is -2.17. The van der Waals surface area contributed by atoms with Crippen LogP contribution in [0.5, 0.6) is 0 Å². The fraction of sp³-hybridized carbons (Fsp3) is 0.500. The fourth-order valence-corrected chi connectivity index (χ4v) is 2.06. The molecule has 2 heterocycles. The fourth-order valence-electron chi connectivity index (χ4n) is 1.81. The molecule has 17 heavy (non-hydrogen) atoms. The third kappa shape index (κ3) is 2.32. The first-order valence-corrected chi connectivity index (χ1v) is 5.96. The zero-order chi connectivity index (χ0) is 12.3. The molecule has 0 saturated carbocycles. The van der Waals surface area contributed by atoms with Gasteiger partial charge in [0.05, 0.1) is 29.2 Å². The topological polar surface area (TPSA) is 71.4 Å². The highest BCUT2D eigenvalue weighted by molar-refractivity contribution is 6.31. The first kappa shape index (κ1) is 12.1. The van der Waals surface area contributed by atoms with Crippen LogP contribution in [0.15, 0.2) is 12.4 Å². The van der Waals surface area contributed by atoms with Crippen molar-refractivity contribution in [3.05, 3.63) is 28.8 Å². The van der Waals surface area contributed by atoms with E-state index in [0.717, 1.165) is 24.5 Å². The second-order valence-electron chi connectivity index (χ2n) is 3.58. The molecular weight excluding hydrogens is 240 g/mol. The van der Waals surface area contributed by atoms with E-state index in [1.807, 2.05) is 18.5 Å². The number of hydrogen-bond donors (Lipinski definition) is 2. The van der Waals surface area contributed by atoms with Gasteiger partial charge < -0.3 is 5.32 Å². The third-order valence-corrected chi connectivity index (χ3v) is 2.84. The van der Waals surface area contributed by atoms with Gasteiger partial charge in [-0.05, 0) is 13.5 Å². The van der Waals surface area contributed by atoms with E-state index in [2.05, 4.69) is 25.8 Å². The summed E-state index contributed by atoms with van der Waals surface area (Å²) in [7, 11) is 0. The number of H-pyrrole nitrogens is 1. The van der Waals surface area contributed by atoms with Crippen LogP contribution in [0.3, 0.4) is 0 Å². The zero-order valence-electron chi connectivity index (χ0n) is 9.81. The SMILES string of the molecule is CCNC(c1cn[nH]n1)c1c(Cl)cnn1CC. The van der Waals surface area contributed by atoms with E-state index in [4.69, 9.17) is 11.6 Å². The number of hydrogen-bond acceptors (Lipinski definition) is 4. The second-order valence-corrected chi connectivity index (χ2v) is 3.99. The highest BCUT2D eigenvalue weighted by Gasteiger charge is 2.22. The van der Waals surface area contributed by atoms with Gasteiger partial charge in [-0.25, -0.2) is 0 Å². The van der Waals surface area contributed by atoms with Crippen LogP contribution < -0.4 is 5.32 Å². The van der Waals surface area contributed by atoms with Crippen molar-refractivity contribution in [2.45, 2.75) is 26.4 Å². The molecule has 1 unspecified atom stereocenters. The Hall–Kier alpha value is -1.40. The maximum atomic E-state index is 6.19. The van der Waals surface area contributed by atoms with Gasteiger partial charge in [0.2, 0.25) is 0 Å². The minimum atomic E-state index is -0.0892. The molecule has 0 aromatic carbocycles. The molecule has 2 N–H and O–H groups in total. The quantitative estimate of drug-likeness (QED) is 0.846. The number of halogens is 1. The zero-order valence-corrected chi connectivity index (χ0v) is 10.6. The van der Waals surface area contributed by atoms with E-state index < -0.39 is 0 Å². The summed E-state index contributed by atoms with van der Waals surface area (Å²) < 4.78 is 1.87. The van der Waals surface area contributed by atoms with Gasteiger partial charge >= 0.3 is 0 Å². The second kappa shape index (κ2) is 5.29. The average molecular weight is 255 g/mol. The van der Waals surface area contributed by atoms with Crippen molar-refractivity contribution in [2.24, 2.45) is 0 Å². The van der Waals surface area contributed by atoms with Crippen LogP contribution in [-0.2, 0) is 6.54 Å². The molecule has 92 valence electrons.